The van der Waals surface area contributed by atoms with Crippen LogP contribution in [0.3, 0.4) is 0 Å². The molecular weight excluding hydrogens is 627 g/mol. The van der Waals surface area contributed by atoms with Gasteiger partial charge in [0.25, 0.3) is 0 Å². The number of aliphatic hydroxyl groups excluding tert-OH is 2. The number of carboxylic acid groups (broad SMARTS) is 1. The SMILES string of the molecule is CCCCOC(=O)c1ccc(O)cc1.O=C(O)c1ccc(OCCOCCOCCO)cc1.OCCOCCOCCCl.[Na+].[OH-]. The van der Waals surface area contributed by atoms with E-state index in [0.717, 1.165) is 12.8 Å². The third-order valence-corrected chi connectivity index (χ3v) is 5.02. The van der Waals surface area contributed by atoms with Crippen molar-refractivity contribution in [3.05, 3.63) is 59.7 Å². The molecule has 13 nitrogen and oxygen atoms in total. The van der Waals surface area contributed by atoms with Crippen LogP contribution in [0.15, 0.2) is 48.5 Å². The van der Waals surface area contributed by atoms with Crippen molar-refractivity contribution in [2.45, 2.75) is 19.8 Å². The minimum atomic E-state index is -0.960. The topological polar surface area (TPSA) is 200 Å². The minimum absolute atomic E-state index is 0. The molecule has 0 saturated heterocycles. The summed E-state index contributed by atoms with van der Waals surface area (Å²) in [5, 5.41) is 34.5. The molecule has 0 radical (unpaired) electrons. The van der Waals surface area contributed by atoms with Crippen molar-refractivity contribution < 1.29 is 93.5 Å². The molecule has 0 aromatic heterocycles. The number of hydrogen-bond donors (Lipinski definition) is 4. The summed E-state index contributed by atoms with van der Waals surface area (Å²) in [6, 6.07) is 12.2. The zero-order chi connectivity index (χ0) is 32.0. The number of carbonyl (C=O) groups excluding carboxylic acids is 1. The molecule has 0 fully saturated rings. The van der Waals surface area contributed by atoms with E-state index in [1.54, 1.807) is 24.3 Å². The standard InChI is InChI=1S/C13H18O6.C11H14O3.C6H13ClO3.Na.H2O/c14-5-6-17-7-8-18-9-10-19-12-3-1-11(2-4-12)13(15)16;1-2-3-8-14-11(13)9-4-6-10(12)7-5-9;7-1-3-9-5-6-10-4-2-8;;/h1-4,14H,5-10H2,(H,15,16);4-7,12H,2-3,8H2,1H3;8H,1-6H2;;1H2/q;;;+1;/p-1. The first-order valence-corrected chi connectivity index (χ1v) is 14.4. The van der Waals surface area contributed by atoms with Crippen molar-refractivity contribution in [3.8, 4) is 11.5 Å². The van der Waals surface area contributed by atoms with E-state index in [1.807, 2.05) is 6.92 Å². The molecule has 2 aromatic carbocycles. The van der Waals surface area contributed by atoms with Crippen molar-refractivity contribution >= 4 is 23.5 Å². The van der Waals surface area contributed by atoms with Crippen molar-refractivity contribution in [2.24, 2.45) is 0 Å². The number of phenols is 1. The molecule has 0 heterocycles. The summed E-state index contributed by atoms with van der Waals surface area (Å²) in [4.78, 5) is 22.0. The quantitative estimate of drug-likeness (QED) is 0.0608. The number of carbonyl (C=O) groups is 2. The first-order valence-electron chi connectivity index (χ1n) is 13.9. The Bertz CT molecular complexity index is 926. The van der Waals surface area contributed by atoms with Crippen LogP contribution in [0.4, 0.5) is 0 Å². The zero-order valence-electron chi connectivity index (χ0n) is 26.1. The molecule has 252 valence electrons. The van der Waals surface area contributed by atoms with Gasteiger partial charge in [-0.15, -0.1) is 11.6 Å². The van der Waals surface area contributed by atoms with Gasteiger partial charge in [0, 0.05) is 5.88 Å². The average Bonchev–Trinajstić information content (AvgIpc) is 3.01. The van der Waals surface area contributed by atoms with Crippen LogP contribution in [0.1, 0.15) is 40.5 Å². The molecule has 45 heavy (non-hydrogen) atoms. The van der Waals surface area contributed by atoms with Crippen molar-refractivity contribution in [1.82, 2.24) is 0 Å². The van der Waals surface area contributed by atoms with Crippen molar-refractivity contribution in [1.29, 1.82) is 0 Å². The number of hydrogen-bond acceptors (Lipinski definition) is 12. The predicted octanol–water partition coefficient (Wildman–Crippen LogP) is 0.216. The van der Waals surface area contributed by atoms with Gasteiger partial charge in [-0.2, -0.15) is 0 Å². The van der Waals surface area contributed by atoms with Gasteiger partial charge in [-0.05, 0) is 55.0 Å². The zero-order valence-corrected chi connectivity index (χ0v) is 28.9. The molecule has 0 aliphatic carbocycles. The normalized spacial score (nSPS) is 9.69. The second kappa shape index (κ2) is 34.9. The molecule has 2 rings (SSSR count). The van der Waals surface area contributed by atoms with Crippen LogP contribution in [-0.4, -0.2) is 123 Å². The van der Waals surface area contributed by atoms with Crippen LogP contribution in [0.5, 0.6) is 11.5 Å². The maximum absolute atomic E-state index is 11.3. The van der Waals surface area contributed by atoms with Crippen LogP contribution in [-0.2, 0) is 23.7 Å². The Morgan fingerprint density at radius 3 is 1.62 bits per heavy atom. The van der Waals surface area contributed by atoms with Crippen LogP contribution in [0.2, 0.25) is 0 Å². The smallest absolute Gasteiger partial charge is 0.870 e. The van der Waals surface area contributed by atoms with Crippen LogP contribution >= 0.6 is 11.6 Å². The van der Waals surface area contributed by atoms with Gasteiger partial charge in [0.15, 0.2) is 0 Å². The van der Waals surface area contributed by atoms with Gasteiger partial charge in [-0.3, -0.25) is 0 Å². The van der Waals surface area contributed by atoms with Gasteiger partial charge < -0.3 is 54.3 Å². The van der Waals surface area contributed by atoms with Crippen molar-refractivity contribution in [3.63, 3.8) is 0 Å². The number of ether oxygens (including phenoxy) is 6. The minimum Gasteiger partial charge on any atom is -0.870 e. The van der Waals surface area contributed by atoms with Gasteiger partial charge in [-0.1, -0.05) is 13.3 Å². The second-order valence-corrected chi connectivity index (χ2v) is 8.68. The van der Waals surface area contributed by atoms with Gasteiger partial charge in [0.2, 0.25) is 0 Å². The Kier molecular flexibility index (Phi) is 36.7. The van der Waals surface area contributed by atoms with E-state index in [0.29, 0.717) is 83.3 Å². The number of rotatable bonds is 21. The predicted molar refractivity (Wildman–Crippen MR) is 162 cm³/mol. The Balaban J connectivity index is -0.000000605. The van der Waals surface area contributed by atoms with Gasteiger partial charge in [0.05, 0.1) is 83.8 Å². The van der Waals surface area contributed by atoms with E-state index in [-0.39, 0.29) is 65.5 Å². The van der Waals surface area contributed by atoms with Gasteiger partial charge in [-0.25, -0.2) is 9.59 Å². The van der Waals surface area contributed by atoms with E-state index >= 15 is 0 Å². The first kappa shape index (κ1) is 47.4. The summed E-state index contributed by atoms with van der Waals surface area (Å²) in [5.41, 5.74) is 0.698. The summed E-state index contributed by atoms with van der Waals surface area (Å²) < 4.78 is 30.5. The van der Waals surface area contributed by atoms with Crippen LogP contribution in [0.25, 0.3) is 0 Å². The fraction of sp³-hybridized carbons (Fsp3) is 0.533. The number of esters is 1. The van der Waals surface area contributed by atoms with E-state index in [9.17, 15) is 9.59 Å². The molecule has 0 amide bonds. The van der Waals surface area contributed by atoms with Crippen LogP contribution < -0.4 is 34.3 Å². The maximum Gasteiger partial charge on any atom is 1.00 e. The summed E-state index contributed by atoms with van der Waals surface area (Å²) in [6.07, 6.45) is 1.88. The molecule has 5 N–H and O–H groups in total. The fourth-order valence-electron chi connectivity index (χ4n) is 2.73. The Morgan fingerprint density at radius 2 is 1.16 bits per heavy atom. The third kappa shape index (κ3) is 29.2. The summed E-state index contributed by atoms with van der Waals surface area (Å²) in [6.45, 7) is 6.58. The molecule has 0 aliphatic heterocycles. The molecule has 0 spiro atoms. The molecule has 0 aliphatic rings. The van der Waals surface area contributed by atoms with Gasteiger partial charge >= 0.3 is 41.5 Å². The molecule has 0 bridgehead atoms. The average molecular weight is 673 g/mol. The van der Waals surface area contributed by atoms with E-state index in [2.05, 4.69) is 0 Å². The molecule has 0 atom stereocenters. The molecular formula is C30H46ClNaO13. The van der Waals surface area contributed by atoms with Crippen LogP contribution in [0, 0.1) is 0 Å². The Labute approximate surface area is 291 Å². The van der Waals surface area contributed by atoms with E-state index in [4.69, 9.17) is 60.4 Å². The second-order valence-electron chi connectivity index (χ2n) is 8.30. The molecule has 0 saturated carbocycles. The number of aromatic carboxylic acids is 1. The molecule has 0 unspecified atom stereocenters. The number of aromatic hydroxyl groups is 1. The number of benzene rings is 2. The number of phenolic OH excluding ortho intramolecular Hbond substituents is 1. The number of aliphatic hydroxyl groups is 2. The number of carboxylic acids is 1. The fourth-order valence-corrected chi connectivity index (χ4v) is 2.84. The third-order valence-electron chi connectivity index (χ3n) is 4.87. The van der Waals surface area contributed by atoms with Gasteiger partial charge in [0.1, 0.15) is 18.1 Å². The number of halogens is 1. The number of alkyl halides is 1. The summed E-state index contributed by atoms with van der Waals surface area (Å²) in [7, 11) is 0. The van der Waals surface area contributed by atoms with E-state index < -0.39 is 5.97 Å². The monoisotopic (exact) mass is 672 g/mol. The molecule has 15 heteroatoms. The largest absolute Gasteiger partial charge is 1.00 e. The number of unbranched alkanes of at least 4 members (excludes halogenated alkanes) is 1. The maximum atomic E-state index is 11.3. The Hall–Kier alpha value is -2.01. The first-order chi connectivity index (χ1) is 20.9. The van der Waals surface area contributed by atoms with E-state index in [1.165, 1.54) is 24.3 Å². The summed E-state index contributed by atoms with van der Waals surface area (Å²) in [5.74, 6) is -0.0311. The Morgan fingerprint density at radius 1 is 0.689 bits per heavy atom. The van der Waals surface area contributed by atoms with Crippen molar-refractivity contribution in [2.75, 3.05) is 85.2 Å². The molecule has 2 aromatic rings. The summed E-state index contributed by atoms with van der Waals surface area (Å²) >= 11 is 5.34.